The molecule has 0 aromatic carbocycles. The molecule has 0 radical (unpaired) electrons. The predicted molar refractivity (Wildman–Crippen MR) is 46.4 cm³/mol. The van der Waals surface area contributed by atoms with Crippen LogP contribution in [0.2, 0.25) is 0 Å². The summed E-state index contributed by atoms with van der Waals surface area (Å²) in [6, 6.07) is 0. The van der Waals surface area contributed by atoms with Crippen molar-refractivity contribution in [3.8, 4) is 0 Å². The summed E-state index contributed by atoms with van der Waals surface area (Å²) in [5.41, 5.74) is -0.715. The van der Waals surface area contributed by atoms with Gasteiger partial charge in [-0.05, 0) is 6.92 Å². The maximum atomic E-state index is 10.7. The smallest absolute Gasteiger partial charge is 0.432 e. The van der Waals surface area contributed by atoms with Gasteiger partial charge < -0.3 is 14.8 Å². The highest BCUT2D eigenvalue weighted by molar-refractivity contribution is 6.19. The molecular weight excluding hydrogens is 198 g/mol. The number of hydrogen-bond donors (Lipinski definition) is 1. The van der Waals surface area contributed by atoms with Gasteiger partial charge in [0.1, 0.15) is 6.61 Å². The summed E-state index contributed by atoms with van der Waals surface area (Å²) in [5, 5.41) is 2.45. The third-order valence-electron chi connectivity index (χ3n) is 0.955. The largest absolute Gasteiger partial charge is 0.509 e. The van der Waals surface area contributed by atoms with Crippen LogP contribution in [0, 0.1) is 0 Å². The van der Waals surface area contributed by atoms with E-state index in [9.17, 15) is 9.59 Å². The molecule has 0 fully saturated rings. The van der Waals surface area contributed by atoms with Crippen molar-refractivity contribution in [2.75, 3.05) is 13.2 Å². The number of halogens is 1. The van der Waals surface area contributed by atoms with Crippen molar-refractivity contribution < 1.29 is 19.1 Å². The van der Waals surface area contributed by atoms with Crippen LogP contribution in [0.3, 0.4) is 0 Å². The fraction of sp³-hybridized carbons (Fsp3) is 0.714. The molecular formula is C7H12ClNO4. The second-order valence-corrected chi connectivity index (χ2v) is 2.86. The Labute approximate surface area is 81.3 Å². The van der Waals surface area contributed by atoms with Gasteiger partial charge in [-0.2, -0.15) is 0 Å². The first-order chi connectivity index (χ1) is 6.02. The first-order valence-corrected chi connectivity index (χ1v) is 4.18. The minimum Gasteiger partial charge on any atom is -0.432 e. The van der Waals surface area contributed by atoms with E-state index < -0.39 is 11.7 Å². The Hall–Kier alpha value is -0.970. The molecule has 0 aliphatic rings. The lowest BCUT2D eigenvalue weighted by Crippen LogP contribution is -2.26. The second kappa shape index (κ2) is 6.54. The van der Waals surface area contributed by atoms with E-state index in [2.05, 4.69) is 14.8 Å². The quantitative estimate of drug-likeness (QED) is 0.424. The van der Waals surface area contributed by atoms with Gasteiger partial charge in [0, 0.05) is 6.92 Å². The average molecular weight is 210 g/mol. The van der Waals surface area contributed by atoms with Crippen LogP contribution >= 0.6 is 11.6 Å². The zero-order valence-corrected chi connectivity index (χ0v) is 8.26. The summed E-state index contributed by atoms with van der Waals surface area (Å²) >= 11 is 5.34. The Kier molecular flexibility index (Phi) is 6.05. The van der Waals surface area contributed by atoms with E-state index in [-0.39, 0.29) is 19.1 Å². The molecule has 6 heteroatoms. The Morgan fingerprint density at radius 3 is 2.62 bits per heavy atom. The molecule has 0 aliphatic carbocycles. The Morgan fingerprint density at radius 2 is 2.15 bits per heavy atom. The highest BCUT2D eigenvalue weighted by Crippen LogP contribution is 1.97. The summed E-state index contributed by atoms with van der Waals surface area (Å²) in [7, 11) is 0. The number of carbonyl (C=O) groups excluding carboxylic acids is 2. The fourth-order valence-electron chi connectivity index (χ4n) is 0.528. The first kappa shape index (κ1) is 12.0. The van der Waals surface area contributed by atoms with Crippen LogP contribution < -0.4 is 5.32 Å². The number of alkyl halides is 1. The van der Waals surface area contributed by atoms with Gasteiger partial charge in [-0.25, -0.2) is 4.79 Å². The number of carbonyl (C=O) groups is 2. The summed E-state index contributed by atoms with van der Waals surface area (Å²) < 4.78 is 8.99. The molecule has 0 aliphatic heterocycles. The van der Waals surface area contributed by atoms with Crippen LogP contribution in [-0.2, 0) is 14.3 Å². The lowest BCUT2D eigenvalue weighted by atomic mass is 10.6. The highest BCUT2D eigenvalue weighted by Gasteiger charge is 2.06. The molecule has 0 rings (SSSR count). The van der Waals surface area contributed by atoms with Gasteiger partial charge >= 0.3 is 6.16 Å². The van der Waals surface area contributed by atoms with E-state index in [4.69, 9.17) is 11.6 Å². The first-order valence-electron chi connectivity index (χ1n) is 3.74. The van der Waals surface area contributed by atoms with Gasteiger partial charge in [0.05, 0.1) is 6.54 Å². The van der Waals surface area contributed by atoms with Gasteiger partial charge in [0.2, 0.25) is 5.91 Å². The Bertz CT molecular complexity index is 183. The lowest BCUT2D eigenvalue weighted by molar-refractivity contribution is -0.119. The number of nitrogens with one attached hydrogen (secondary N) is 1. The zero-order valence-electron chi connectivity index (χ0n) is 7.50. The molecule has 5 nitrogen and oxygen atoms in total. The van der Waals surface area contributed by atoms with Gasteiger partial charge in [0.25, 0.3) is 0 Å². The highest BCUT2D eigenvalue weighted by atomic mass is 35.5. The fourth-order valence-corrected chi connectivity index (χ4v) is 0.601. The third-order valence-corrected chi connectivity index (χ3v) is 1.04. The molecule has 0 saturated carbocycles. The van der Waals surface area contributed by atoms with E-state index in [1.54, 1.807) is 0 Å². The Balaban J connectivity index is 3.32. The van der Waals surface area contributed by atoms with E-state index in [1.165, 1.54) is 13.8 Å². The van der Waals surface area contributed by atoms with Crippen LogP contribution in [0.4, 0.5) is 4.79 Å². The molecule has 0 heterocycles. The maximum absolute atomic E-state index is 10.7. The van der Waals surface area contributed by atoms with Crippen molar-refractivity contribution >= 4 is 23.7 Å². The van der Waals surface area contributed by atoms with Crippen LogP contribution in [0.25, 0.3) is 0 Å². The van der Waals surface area contributed by atoms with E-state index in [0.29, 0.717) is 0 Å². The molecule has 0 bridgehead atoms. The van der Waals surface area contributed by atoms with E-state index in [0.717, 1.165) is 0 Å². The summed E-state index contributed by atoms with van der Waals surface area (Å²) in [5.74, 6) is -0.178. The van der Waals surface area contributed by atoms with Crippen molar-refractivity contribution in [3.63, 3.8) is 0 Å². The standard InChI is InChI=1S/C7H12ClNO4/c1-5(8)13-7(11)12-4-3-9-6(2)10/h5H,3-4H2,1-2H3,(H,9,10). The Morgan fingerprint density at radius 1 is 1.54 bits per heavy atom. The van der Waals surface area contributed by atoms with Gasteiger partial charge in [-0.15, -0.1) is 0 Å². The maximum Gasteiger partial charge on any atom is 0.509 e. The van der Waals surface area contributed by atoms with Crippen LogP contribution in [0.15, 0.2) is 0 Å². The van der Waals surface area contributed by atoms with Crippen molar-refractivity contribution in [2.45, 2.75) is 19.4 Å². The molecule has 1 unspecified atom stereocenters. The van der Waals surface area contributed by atoms with E-state index >= 15 is 0 Å². The summed E-state index contributed by atoms with van der Waals surface area (Å²) in [6.45, 7) is 3.21. The molecule has 0 aromatic heterocycles. The van der Waals surface area contributed by atoms with Gasteiger partial charge in [-0.3, -0.25) is 4.79 Å². The molecule has 13 heavy (non-hydrogen) atoms. The molecule has 0 saturated heterocycles. The van der Waals surface area contributed by atoms with Crippen molar-refractivity contribution in [2.24, 2.45) is 0 Å². The average Bonchev–Trinajstić information content (AvgIpc) is 1.96. The minimum absolute atomic E-state index is 0.0715. The van der Waals surface area contributed by atoms with Crippen molar-refractivity contribution in [1.82, 2.24) is 5.32 Å². The third kappa shape index (κ3) is 8.94. The van der Waals surface area contributed by atoms with Crippen molar-refractivity contribution in [3.05, 3.63) is 0 Å². The topological polar surface area (TPSA) is 64.6 Å². The molecule has 0 aromatic rings. The second-order valence-electron chi connectivity index (χ2n) is 2.24. The lowest BCUT2D eigenvalue weighted by Gasteiger charge is -2.07. The molecule has 0 spiro atoms. The SMILES string of the molecule is CC(=O)NCCOC(=O)OC(C)Cl. The van der Waals surface area contributed by atoms with E-state index in [1.807, 2.05) is 0 Å². The monoisotopic (exact) mass is 209 g/mol. The minimum atomic E-state index is -0.840. The number of rotatable bonds is 4. The number of ether oxygens (including phenoxy) is 2. The summed E-state index contributed by atoms with van der Waals surface area (Å²) in [4.78, 5) is 21.0. The molecule has 1 atom stereocenters. The number of amides is 1. The molecule has 1 amide bonds. The predicted octanol–water partition coefficient (Wildman–Crippen LogP) is 0.861. The zero-order chi connectivity index (χ0) is 10.3. The van der Waals surface area contributed by atoms with Crippen LogP contribution in [-0.4, -0.2) is 30.8 Å². The van der Waals surface area contributed by atoms with Gasteiger partial charge in [-0.1, -0.05) is 11.6 Å². The molecule has 1 N–H and O–H groups in total. The number of hydrogen-bond acceptors (Lipinski definition) is 4. The van der Waals surface area contributed by atoms with Crippen LogP contribution in [0.1, 0.15) is 13.8 Å². The van der Waals surface area contributed by atoms with Crippen LogP contribution in [0.5, 0.6) is 0 Å². The molecule has 76 valence electrons. The normalized spacial score (nSPS) is 11.6. The van der Waals surface area contributed by atoms with Crippen molar-refractivity contribution in [1.29, 1.82) is 0 Å². The summed E-state index contributed by atoms with van der Waals surface area (Å²) in [6.07, 6.45) is -0.840. The van der Waals surface area contributed by atoms with Gasteiger partial charge in [0.15, 0.2) is 5.56 Å².